The maximum absolute atomic E-state index is 13.1. The minimum Gasteiger partial charge on any atom is -0.491 e. The highest BCUT2D eigenvalue weighted by atomic mass is 16.5. The summed E-state index contributed by atoms with van der Waals surface area (Å²) in [4.78, 5) is 17.3. The first-order chi connectivity index (χ1) is 14.6. The number of hydrogen-bond acceptors (Lipinski definition) is 4. The van der Waals surface area contributed by atoms with Crippen LogP contribution >= 0.6 is 0 Å². The van der Waals surface area contributed by atoms with E-state index in [-0.39, 0.29) is 12.0 Å². The summed E-state index contributed by atoms with van der Waals surface area (Å²) in [6.07, 6.45) is 5.23. The van der Waals surface area contributed by atoms with Crippen LogP contribution in [0.4, 0.5) is 5.69 Å². The molecule has 0 saturated carbocycles. The number of hydrogen-bond donors (Lipinski definition) is 1. The molecule has 0 unspecified atom stereocenters. The summed E-state index contributed by atoms with van der Waals surface area (Å²) in [5.41, 5.74) is 3.37. The fraction of sp³-hybridized carbons (Fsp3) is 0.125. The van der Waals surface area contributed by atoms with Gasteiger partial charge in [-0.25, -0.2) is 4.68 Å². The van der Waals surface area contributed by atoms with Gasteiger partial charge in [-0.2, -0.15) is 5.10 Å². The normalized spacial score (nSPS) is 10.8. The van der Waals surface area contributed by atoms with E-state index in [2.05, 4.69) is 15.4 Å². The quantitative estimate of drug-likeness (QED) is 0.498. The van der Waals surface area contributed by atoms with Gasteiger partial charge in [0.15, 0.2) is 0 Å². The summed E-state index contributed by atoms with van der Waals surface area (Å²) in [6.45, 7) is 3.94. The lowest BCUT2D eigenvalue weighted by atomic mass is 10.1. The molecule has 2 heterocycles. The molecule has 2 aromatic carbocycles. The molecule has 4 aromatic rings. The number of nitrogens with one attached hydrogen (secondary N) is 1. The molecule has 150 valence electrons. The number of amides is 1. The highest BCUT2D eigenvalue weighted by Gasteiger charge is 2.19. The summed E-state index contributed by atoms with van der Waals surface area (Å²) < 4.78 is 7.36. The van der Waals surface area contributed by atoms with Gasteiger partial charge in [-0.05, 0) is 62.4 Å². The van der Waals surface area contributed by atoms with Crippen molar-refractivity contribution in [1.29, 1.82) is 0 Å². The van der Waals surface area contributed by atoms with Gasteiger partial charge in [-0.15, -0.1) is 0 Å². The Labute approximate surface area is 175 Å². The van der Waals surface area contributed by atoms with E-state index < -0.39 is 0 Å². The number of pyridine rings is 1. The van der Waals surface area contributed by atoms with Gasteiger partial charge in [0.25, 0.3) is 5.91 Å². The number of anilines is 1. The zero-order valence-electron chi connectivity index (χ0n) is 16.8. The van der Waals surface area contributed by atoms with Crippen LogP contribution in [0, 0.1) is 0 Å². The first-order valence-corrected chi connectivity index (χ1v) is 9.74. The number of rotatable bonds is 6. The molecule has 0 saturated heterocycles. The lowest BCUT2D eigenvalue weighted by Crippen LogP contribution is -2.12. The van der Waals surface area contributed by atoms with Crippen molar-refractivity contribution in [2.45, 2.75) is 20.0 Å². The second kappa shape index (κ2) is 8.61. The van der Waals surface area contributed by atoms with E-state index in [1.165, 1.54) is 0 Å². The van der Waals surface area contributed by atoms with Gasteiger partial charge in [-0.3, -0.25) is 9.78 Å². The minimum atomic E-state index is -0.242. The number of para-hydroxylation sites is 1. The molecule has 4 rings (SSSR count). The van der Waals surface area contributed by atoms with Crippen LogP contribution in [0.15, 0.2) is 85.3 Å². The third kappa shape index (κ3) is 4.38. The zero-order chi connectivity index (χ0) is 20.9. The average Bonchev–Trinajstić information content (AvgIpc) is 3.22. The van der Waals surface area contributed by atoms with Crippen molar-refractivity contribution < 1.29 is 9.53 Å². The van der Waals surface area contributed by atoms with E-state index in [1.54, 1.807) is 23.3 Å². The molecule has 0 fully saturated rings. The molecule has 0 aliphatic heterocycles. The van der Waals surface area contributed by atoms with Crippen molar-refractivity contribution >= 4 is 11.6 Å². The topological polar surface area (TPSA) is 69.0 Å². The van der Waals surface area contributed by atoms with Gasteiger partial charge in [-0.1, -0.05) is 18.2 Å². The first kappa shape index (κ1) is 19.4. The average molecular weight is 398 g/mol. The molecule has 6 heteroatoms. The number of carbonyl (C=O) groups is 1. The molecule has 0 bridgehead atoms. The highest BCUT2D eigenvalue weighted by Crippen LogP contribution is 2.25. The van der Waals surface area contributed by atoms with E-state index in [4.69, 9.17) is 4.74 Å². The van der Waals surface area contributed by atoms with Crippen LogP contribution < -0.4 is 10.1 Å². The number of aromatic nitrogens is 3. The molecular formula is C24H22N4O2. The monoisotopic (exact) mass is 398 g/mol. The van der Waals surface area contributed by atoms with Crippen molar-refractivity contribution in [1.82, 2.24) is 14.8 Å². The van der Waals surface area contributed by atoms with Gasteiger partial charge in [0.2, 0.25) is 0 Å². The maximum Gasteiger partial charge on any atom is 0.259 e. The fourth-order valence-electron chi connectivity index (χ4n) is 3.06. The molecule has 0 atom stereocenters. The molecule has 1 amide bonds. The molecule has 2 aromatic heterocycles. The summed E-state index contributed by atoms with van der Waals surface area (Å²) >= 11 is 0. The Kier molecular flexibility index (Phi) is 5.57. The van der Waals surface area contributed by atoms with Crippen LogP contribution in [0.25, 0.3) is 16.9 Å². The Balaban J connectivity index is 1.65. The van der Waals surface area contributed by atoms with Gasteiger partial charge in [0.05, 0.1) is 17.4 Å². The van der Waals surface area contributed by atoms with Crippen LogP contribution in [0.5, 0.6) is 5.75 Å². The van der Waals surface area contributed by atoms with E-state index >= 15 is 0 Å². The van der Waals surface area contributed by atoms with Crippen LogP contribution in [-0.2, 0) is 0 Å². The lowest BCUT2D eigenvalue weighted by Gasteiger charge is -2.10. The number of benzene rings is 2. The summed E-state index contributed by atoms with van der Waals surface area (Å²) in [5.74, 6) is 0.518. The van der Waals surface area contributed by atoms with Crippen molar-refractivity contribution in [2.24, 2.45) is 0 Å². The number of nitrogens with zero attached hydrogens (tertiary/aromatic N) is 3. The fourth-order valence-corrected chi connectivity index (χ4v) is 3.06. The smallest absolute Gasteiger partial charge is 0.259 e. The highest BCUT2D eigenvalue weighted by molar-refractivity contribution is 6.08. The predicted molar refractivity (Wildman–Crippen MR) is 117 cm³/mol. The summed E-state index contributed by atoms with van der Waals surface area (Å²) in [5, 5.41) is 7.60. The zero-order valence-corrected chi connectivity index (χ0v) is 16.8. The number of carbonyl (C=O) groups excluding carboxylic acids is 1. The van der Waals surface area contributed by atoms with Gasteiger partial charge >= 0.3 is 0 Å². The summed E-state index contributed by atoms with van der Waals surface area (Å²) in [7, 11) is 0. The van der Waals surface area contributed by atoms with Crippen molar-refractivity contribution in [3.63, 3.8) is 0 Å². The van der Waals surface area contributed by atoms with E-state index in [0.717, 1.165) is 17.0 Å². The van der Waals surface area contributed by atoms with E-state index in [0.29, 0.717) is 16.9 Å². The van der Waals surface area contributed by atoms with Crippen LogP contribution in [0.3, 0.4) is 0 Å². The van der Waals surface area contributed by atoms with Gasteiger partial charge in [0, 0.05) is 29.8 Å². The predicted octanol–water partition coefficient (Wildman–Crippen LogP) is 4.97. The molecule has 6 nitrogen and oxygen atoms in total. The lowest BCUT2D eigenvalue weighted by molar-refractivity contribution is 0.102. The molecule has 0 aliphatic rings. The van der Waals surface area contributed by atoms with Crippen LogP contribution in [-0.4, -0.2) is 26.8 Å². The summed E-state index contributed by atoms with van der Waals surface area (Å²) in [6, 6.07) is 20.7. The van der Waals surface area contributed by atoms with Gasteiger partial charge in [0.1, 0.15) is 11.4 Å². The number of ether oxygens (including phenoxy) is 1. The molecule has 0 spiro atoms. The van der Waals surface area contributed by atoms with Gasteiger partial charge < -0.3 is 10.1 Å². The third-order valence-corrected chi connectivity index (χ3v) is 4.40. The Morgan fingerprint density at radius 1 is 1.00 bits per heavy atom. The Hall–Kier alpha value is -3.93. The largest absolute Gasteiger partial charge is 0.491 e. The second-order valence-electron chi connectivity index (χ2n) is 7.06. The standard InChI is InChI=1S/C24H22N4O2/c1-17(2)30-21-12-10-19(11-13-21)26-24(29)22-16-28(20-8-4-3-5-9-20)27-23(22)18-7-6-14-25-15-18/h3-17H,1-2H3,(H,26,29). The van der Waals surface area contributed by atoms with Crippen molar-refractivity contribution in [3.05, 3.63) is 90.9 Å². The minimum absolute atomic E-state index is 0.0938. The second-order valence-corrected chi connectivity index (χ2v) is 7.06. The molecule has 30 heavy (non-hydrogen) atoms. The van der Waals surface area contributed by atoms with Crippen LogP contribution in [0.1, 0.15) is 24.2 Å². The maximum atomic E-state index is 13.1. The van der Waals surface area contributed by atoms with Crippen molar-refractivity contribution in [3.8, 4) is 22.7 Å². The molecule has 1 N–H and O–H groups in total. The Bertz CT molecular complexity index is 1120. The van der Waals surface area contributed by atoms with E-state index in [9.17, 15) is 4.79 Å². The van der Waals surface area contributed by atoms with Crippen LogP contribution in [0.2, 0.25) is 0 Å². The molecule has 0 radical (unpaired) electrons. The first-order valence-electron chi connectivity index (χ1n) is 9.74. The third-order valence-electron chi connectivity index (χ3n) is 4.40. The van der Waals surface area contributed by atoms with E-state index in [1.807, 2.05) is 80.6 Å². The van der Waals surface area contributed by atoms with Crippen molar-refractivity contribution in [2.75, 3.05) is 5.32 Å². The molecular weight excluding hydrogens is 376 g/mol. The Morgan fingerprint density at radius 2 is 1.77 bits per heavy atom. The Morgan fingerprint density at radius 3 is 2.43 bits per heavy atom. The molecule has 0 aliphatic carbocycles. The SMILES string of the molecule is CC(C)Oc1ccc(NC(=O)c2cn(-c3ccccc3)nc2-c2cccnc2)cc1.